The normalized spacial score (nSPS) is 10.5. The lowest BCUT2D eigenvalue weighted by atomic mass is 10.1. The SMILES string of the molecule is CCOC(=O)c1n[nH]nc1-c1ccc(Cl)c(F)c1Cl. The van der Waals surface area contributed by atoms with Crippen LogP contribution >= 0.6 is 23.2 Å². The van der Waals surface area contributed by atoms with Crippen molar-refractivity contribution in [2.75, 3.05) is 6.61 Å². The molecule has 0 fully saturated rings. The van der Waals surface area contributed by atoms with Crippen molar-refractivity contribution >= 4 is 29.2 Å². The van der Waals surface area contributed by atoms with Gasteiger partial charge in [-0.3, -0.25) is 0 Å². The van der Waals surface area contributed by atoms with Gasteiger partial charge in [-0.15, -0.1) is 5.10 Å². The Bertz CT molecular complexity index is 630. The number of halogens is 3. The van der Waals surface area contributed by atoms with E-state index >= 15 is 0 Å². The van der Waals surface area contributed by atoms with Gasteiger partial charge in [0.1, 0.15) is 5.69 Å². The van der Waals surface area contributed by atoms with Crippen molar-refractivity contribution in [2.24, 2.45) is 0 Å². The number of esters is 1. The highest BCUT2D eigenvalue weighted by atomic mass is 35.5. The van der Waals surface area contributed by atoms with Crippen LogP contribution in [0.15, 0.2) is 12.1 Å². The lowest BCUT2D eigenvalue weighted by molar-refractivity contribution is 0.0520. The van der Waals surface area contributed by atoms with Crippen molar-refractivity contribution in [3.63, 3.8) is 0 Å². The first-order valence-electron chi connectivity index (χ1n) is 5.28. The van der Waals surface area contributed by atoms with Crippen LogP contribution in [-0.2, 0) is 4.74 Å². The Hall–Kier alpha value is -1.66. The standard InChI is InChI=1S/C11H8Cl2FN3O2/c1-2-19-11(18)10-9(15-17-16-10)5-3-4-6(12)8(14)7(5)13/h3-4H,2H2,1H3,(H,15,16,17). The zero-order valence-corrected chi connectivity index (χ0v) is 11.2. The van der Waals surface area contributed by atoms with E-state index in [-0.39, 0.29) is 33.6 Å². The summed E-state index contributed by atoms with van der Waals surface area (Å²) < 4.78 is 18.4. The van der Waals surface area contributed by atoms with E-state index in [1.165, 1.54) is 12.1 Å². The summed E-state index contributed by atoms with van der Waals surface area (Å²) in [5.74, 6) is -1.45. The van der Waals surface area contributed by atoms with Crippen LogP contribution in [0.5, 0.6) is 0 Å². The Morgan fingerprint density at radius 2 is 2.16 bits per heavy atom. The van der Waals surface area contributed by atoms with Crippen LogP contribution in [-0.4, -0.2) is 28.0 Å². The van der Waals surface area contributed by atoms with E-state index in [1.807, 2.05) is 0 Å². The van der Waals surface area contributed by atoms with E-state index < -0.39 is 11.8 Å². The minimum absolute atomic E-state index is 0.0644. The molecule has 8 heteroatoms. The molecule has 1 heterocycles. The van der Waals surface area contributed by atoms with Crippen LogP contribution in [0.1, 0.15) is 17.4 Å². The number of ether oxygens (including phenoxy) is 1. The monoisotopic (exact) mass is 303 g/mol. The third-order valence-corrected chi connectivity index (χ3v) is 2.97. The zero-order chi connectivity index (χ0) is 14.0. The molecule has 0 bridgehead atoms. The minimum atomic E-state index is -0.779. The lowest BCUT2D eigenvalue weighted by Crippen LogP contribution is -2.07. The second kappa shape index (κ2) is 5.54. The molecule has 0 amide bonds. The molecule has 0 radical (unpaired) electrons. The Labute approximate surface area is 117 Å². The topological polar surface area (TPSA) is 67.9 Å². The van der Waals surface area contributed by atoms with E-state index in [2.05, 4.69) is 15.4 Å². The molecule has 1 N–H and O–H groups in total. The van der Waals surface area contributed by atoms with Gasteiger partial charge in [-0.2, -0.15) is 10.3 Å². The van der Waals surface area contributed by atoms with Crippen molar-refractivity contribution in [1.29, 1.82) is 0 Å². The van der Waals surface area contributed by atoms with Crippen molar-refractivity contribution in [2.45, 2.75) is 6.92 Å². The van der Waals surface area contributed by atoms with Gasteiger partial charge in [-0.05, 0) is 19.1 Å². The molecule has 0 aliphatic carbocycles. The van der Waals surface area contributed by atoms with E-state index in [1.54, 1.807) is 6.92 Å². The molecule has 100 valence electrons. The summed E-state index contributed by atoms with van der Waals surface area (Å²) in [6.45, 7) is 1.85. The Morgan fingerprint density at radius 3 is 2.84 bits per heavy atom. The van der Waals surface area contributed by atoms with Gasteiger partial charge in [0.15, 0.2) is 11.5 Å². The maximum absolute atomic E-state index is 13.6. The summed E-state index contributed by atoms with van der Waals surface area (Å²) in [7, 11) is 0. The molecular weight excluding hydrogens is 296 g/mol. The molecule has 0 saturated carbocycles. The van der Waals surface area contributed by atoms with Crippen LogP contribution < -0.4 is 0 Å². The average molecular weight is 304 g/mol. The van der Waals surface area contributed by atoms with Crippen LogP contribution in [0.2, 0.25) is 10.0 Å². The Kier molecular flexibility index (Phi) is 4.01. The molecule has 0 unspecified atom stereocenters. The number of rotatable bonds is 3. The van der Waals surface area contributed by atoms with Crippen LogP contribution in [0.3, 0.4) is 0 Å². The third kappa shape index (κ3) is 2.54. The van der Waals surface area contributed by atoms with Gasteiger partial charge < -0.3 is 4.74 Å². The van der Waals surface area contributed by atoms with Crippen LogP contribution in [0, 0.1) is 5.82 Å². The second-order valence-corrected chi connectivity index (χ2v) is 4.25. The van der Waals surface area contributed by atoms with Gasteiger partial charge in [0, 0.05) is 5.56 Å². The van der Waals surface area contributed by atoms with Gasteiger partial charge in [0.25, 0.3) is 0 Å². The number of hydrogen-bond donors (Lipinski definition) is 1. The molecule has 2 aromatic rings. The highest BCUT2D eigenvalue weighted by Crippen LogP contribution is 2.33. The van der Waals surface area contributed by atoms with E-state index in [0.29, 0.717) is 0 Å². The number of hydrogen-bond acceptors (Lipinski definition) is 4. The van der Waals surface area contributed by atoms with Gasteiger partial charge in [0.2, 0.25) is 0 Å². The quantitative estimate of drug-likeness (QED) is 0.699. The molecular formula is C11H8Cl2FN3O2. The molecule has 5 nitrogen and oxygen atoms in total. The van der Waals surface area contributed by atoms with Gasteiger partial charge >= 0.3 is 5.97 Å². The fraction of sp³-hybridized carbons (Fsp3) is 0.182. The number of nitrogens with one attached hydrogen (secondary N) is 1. The number of carbonyl (C=O) groups is 1. The Balaban J connectivity index is 2.52. The van der Waals surface area contributed by atoms with Gasteiger partial charge in [-0.1, -0.05) is 23.2 Å². The third-order valence-electron chi connectivity index (χ3n) is 2.31. The molecule has 0 spiro atoms. The van der Waals surface area contributed by atoms with Crippen LogP contribution in [0.25, 0.3) is 11.3 Å². The highest BCUT2D eigenvalue weighted by Gasteiger charge is 2.22. The number of aromatic nitrogens is 3. The van der Waals surface area contributed by atoms with E-state index in [4.69, 9.17) is 27.9 Å². The maximum atomic E-state index is 13.6. The van der Waals surface area contributed by atoms with Crippen molar-refractivity contribution < 1.29 is 13.9 Å². The molecule has 0 saturated heterocycles. The number of aromatic amines is 1. The second-order valence-electron chi connectivity index (χ2n) is 3.46. The first-order valence-corrected chi connectivity index (χ1v) is 6.03. The molecule has 0 aliphatic rings. The summed E-state index contributed by atoms with van der Waals surface area (Å²) in [6, 6.07) is 2.77. The number of benzene rings is 1. The molecule has 1 aromatic heterocycles. The van der Waals surface area contributed by atoms with Gasteiger partial charge in [-0.25, -0.2) is 9.18 Å². The summed E-state index contributed by atoms with van der Waals surface area (Å²) >= 11 is 11.5. The number of nitrogens with zero attached hydrogens (tertiary/aromatic N) is 2. The first-order chi connectivity index (χ1) is 9.06. The molecule has 0 aliphatic heterocycles. The lowest BCUT2D eigenvalue weighted by Gasteiger charge is -2.05. The number of H-pyrrole nitrogens is 1. The largest absolute Gasteiger partial charge is 0.461 e. The van der Waals surface area contributed by atoms with Crippen molar-refractivity contribution in [3.05, 3.63) is 33.7 Å². The summed E-state index contributed by atoms with van der Waals surface area (Å²) in [5, 5.41) is 9.41. The van der Waals surface area contributed by atoms with E-state index in [9.17, 15) is 9.18 Å². The summed E-state index contributed by atoms with van der Waals surface area (Å²) in [6.07, 6.45) is 0. The first kappa shape index (κ1) is 13.8. The number of carbonyl (C=O) groups excluding carboxylic acids is 1. The fourth-order valence-electron chi connectivity index (χ4n) is 1.47. The summed E-state index contributed by atoms with van der Waals surface area (Å²) in [4.78, 5) is 11.7. The maximum Gasteiger partial charge on any atom is 0.361 e. The molecule has 2 rings (SSSR count). The zero-order valence-electron chi connectivity index (χ0n) is 9.71. The van der Waals surface area contributed by atoms with Crippen LogP contribution in [0.4, 0.5) is 4.39 Å². The predicted molar refractivity (Wildman–Crippen MR) is 67.8 cm³/mol. The fourth-order valence-corrected chi connectivity index (χ4v) is 1.93. The van der Waals surface area contributed by atoms with Crippen molar-refractivity contribution in [1.82, 2.24) is 15.4 Å². The Morgan fingerprint density at radius 1 is 1.42 bits per heavy atom. The summed E-state index contributed by atoms with van der Waals surface area (Å²) in [5.41, 5.74) is 0.254. The average Bonchev–Trinajstić information content (AvgIpc) is 2.85. The smallest absolute Gasteiger partial charge is 0.361 e. The minimum Gasteiger partial charge on any atom is -0.461 e. The molecule has 0 atom stereocenters. The van der Waals surface area contributed by atoms with E-state index in [0.717, 1.165) is 0 Å². The van der Waals surface area contributed by atoms with Crippen molar-refractivity contribution in [3.8, 4) is 11.3 Å². The predicted octanol–water partition coefficient (Wildman–Crippen LogP) is 3.09. The van der Waals surface area contributed by atoms with Gasteiger partial charge in [0.05, 0.1) is 16.7 Å². The molecule has 19 heavy (non-hydrogen) atoms. The highest BCUT2D eigenvalue weighted by molar-refractivity contribution is 6.36. The molecule has 1 aromatic carbocycles.